The molecule has 0 unspecified atom stereocenters. The molecule has 0 aliphatic rings. The molecule has 4 nitrogen and oxygen atoms in total. The van der Waals surface area contributed by atoms with Crippen LogP contribution in [0.3, 0.4) is 0 Å². The van der Waals surface area contributed by atoms with Gasteiger partial charge in [0.1, 0.15) is 5.82 Å². The second-order valence-electron chi connectivity index (χ2n) is 4.11. The molecule has 0 radical (unpaired) electrons. The lowest BCUT2D eigenvalue weighted by Gasteiger charge is -2.09. The van der Waals surface area contributed by atoms with Crippen molar-refractivity contribution in [1.82, 2.24) is 0 Å². The van der Waals surface area contributed by atoms with Crippen molar-refractivity contribution in [2.45, 2.75) is 6.54 Å². The van der Waals surface area contributed by atoms with Crippen molar-refractivity contribution in [3.8, 4) is 0 Å². The Morgan fingerprint density at radius 2 is 1.76 bits per heavy atom. The number of hydrogen-bond donors (Lipinski definition) is 1. The van der Waals surface area contributed by atoms with Gasteiger partial charge < -0.3 is 5.32 Å². The average Bonchev–Trinajstić information content (AvgIpc) is 2.41. The summed E-state index contributed by atoms with van der Waals surface area (Å²) in [7, 11) is 0. The van der Waals surface area contributed by atoms with Crippen LogP contribution >= 0.6 is 0 Å². The molecule has 0 aliphatic heterocycles. The highest BCUT2D eigenvalue weighted by atomic mass is 19.2. The Bertz CT molecular complexity index is 707. The summed E-state index contributed by atoms with van der Waals surface area (Å²) in [5.74, 6) is -4.57. The van der Waals surface area contributed by atoms with Crippen LogP contribution in [0.15, 0.2) is 30.3 Å². The van der Waals surface area contributed by atoms with E-state index in [4.69, 9.17) is 0 Å². The number of anilines is 1. The Kier molecular flexibility index (Phi) is 4.06. The summed E-state index contributed by atoms with van der Waals surface area (Å²) in [6.45, 7) is -0.316. The highest BCUT2D eigenvalue weighted by Gasteiger charge is 2.18. The van der Waals surface area contributed by atoms with Gasteiger partial charge in [0.25, 0.3) is 0 Å². The summed E-state index contributed by atoms with van der Waals surface area (Å²) in [4.78, 5) is 9.55. The summed E-state index contributed by atoms with van der Waals surface area (Å²) in [6.07, 6.45) is 0. The van der Waals surface area contributed by atoms with Gasteiger partial charge in [0.2, 0.25) is 5.82 Å². The summed E-state index contributed by atoms with van der Waals surface area (Å²) in [5, 5.41) is 12.9. The number of nitrogens with one attached hydrogen (secondary N) is 1. The van der Waals surface area contributed by atoms with Gasteiger partial charge in [0.05, 0.1) is 10.6 Å². The standard InChI is InChI=1S/C13H8F4N2O2/c14-8-3-1-2-7(13(8)17)6-18-11-5-12(19(20)21)10(16)4-9(11)15/h1-5,18H,6H2. The molecule has 2 rings (SSSR count). The summed E-state index contributed by atoms with van der Waals surface area (Å²) < 4.78 is 53.0. The van der Waals surface area contributed by atoms with Crippen LogP contribution in [-0.4, -0.2) is 4.92 Å². The Morgan fingerprint density at radius 1 is 1.05 bits per heavy atom. The van der Waals surface area contributed by atoms with Crippen molar-refractivity contribution >= 4 is 11.4 Å². The Labute approximate surface area is 116 Å². The lowest BCUT2D eigenvalue weighted by molar-refractivity contribution is -0.387. The lowest BCUT2D eigenvalue weighted by Crippen LogP contribution is -2.06. The van der Waals surface area contributed by atoms with E-state index in [-0.39, 0.29) is 17.8 Å². The van der Waals surface area contributed by atoms with Gasteiger partial charge >= 0.3 is 5.69 Å². The van der Waals surface area contributed by atoms with Gasteiger partial charge in [0, 0.05) is 24.2 Å². The number of hydrogen-bond acceptors (Lipinski definition) is 3. The predicted octanol–water partition coefficient (Wildman–Crippen LogP) is 3.76. The van der Waals surface area contributed by atoms with E-state index in [0.717, 1.165) is 6.07 Å². The van der Waals surface area contributed by atoms with Crippen LogP contribution in [-0.2, 0) is 6.54 Å². The van der Waals surface area contributed by atoms with Gasteiger partial charge in [0.15, 0.2) is 11.6 Å². The number of benzene rings is 2. The molecule has 110 valence electrons. The quantitative estimate of drug-likeness (QED) is 0.531. The van der Waals surface area contributed by atoms with Gasteiger partial charge in [-0.05, 0) is 6.07 Å². The van der Waals surface area contributed by atoms with E-state index >= 15 is 0 Å². The number of rotatable bonds is 4. The largest absolute Gasteiger partial charge is 0.378 e. The minimum atomic E-state index is -1.32. The van der Waals surface area contributed by atoms with E-state index in [9.17, 15) is 27.7 Å². The molecular formula is C13H8F4N2O2. The summed E-state index contributed by atoms with van der Waals surface area (Å²) >= 11 is 0. The monoisotopic (exact) mass is 300 g/mol. The molecule has 2 aromatic carbocycles. The van der Waals surface area contributed by atoms with Crippen LogP contribution in [0.4, 0.5) is 28.9 Å². The van der Waals surface area contributed by atoms with Crippen molar-refractivity contribution in [3.05, 3.63) is 69.3 Å². The zero-order valence-corrected chi connectivity index (χ0v) is 10.4. The molecule has 2 aromatic rings. The molecule has 21 heavy (non-hydrogen) atoms. The molecule has 0 saturated carbocycles. The molecule has 0 saturated heterocycles. The fourth-order valence-corrected chi connectivity index (χ4v) is 1.69. The molecule has 0 heterocycles. The zero-order chi connectivity index (χ0) is 15.6. The Balaban J connectivity index is 2.26. The molecule has 1 N–H and O–H groups in total. The van der Waals surface area contributed by atoms with E-state index < -0.39 is 33.9 Å². The van der Waals surface area contributed by atoms with E-state index in [1.807, 2.05) is 0 Å². The molecule has 0 atom stereocenters. The van der Waals surface area contributed by atoms with Gasteiger partial charge in [-0.2, -0.15) is 4.39 Å². The van der Waals surface area contributed by atoms with Crippen molar-refractivity contribution in [2.24, 2.45) is 0 Å². The molecule has 0 aromatic heterocycles. The third kappa shape index (κ3) is 3.10. The van der Waals surface area contributed by atoms with E-state index in [0.29, 0.717) is 12.1 Å². The van der Waals surface area contributed by atoms with Crippen molar-refractivity contribution in [2.75, 3.05) is 5.32 Å². The second kappa shape index (κ2) is 5.78. The Morgan fingerprint density at radius 3 is 2.43 bits per heavy atom. The van der Waals surface area contributed by atoms with Crippen LogP contribution in [0.5, 0.6) is 0 Å². The smallest absolute Gasteiger partial charge is 0.307 e. The van der Waals surface area contributed by atoms with E-state index in [1.54, 1.807) is 0 Å². The average molecular weight is 300 g/mol. The molecule has 0 amide bonds. The van der Waals surface area contributed by atoms with E-state index in [2.05, 4.69) is 5.32 Å². The lowest BCUT2D eigenvalue weighted by atomic mass is 10.2. The maximum Gasteiger partial charge on any atom is 0.307 e. The van der Waals surface area contributed by atoms with Crippen molar-refractivity contribution in [1.29, 1.82) is 0 Å². The Hall–Kier alpha value is -2.64. The van der Waals surface area contributed by atoms with E-state index in [1.165, 1.54) is 12.1 Å². The van der Waals surface area contributed by atoms with Gasteiger partial charge in [-0.25, -0.2) is 13.2 Å². The number of nitro benzene ring substituents is 1. The van der Waals surface area contributed by atoms with Gasteiger partial charge in [-0.15, -0.1) is 0 Å². The maximum atomic E-state index is 13.5. The first-order chi connectivity index (χ1) is 9.90. The number of halogens is 4. The first-order valence-corrected chi connectivity index (χ1v) is 5.70. The van der Waals surface area contributed by atoms with Gasteiger partial charge in [-0.3, -0.25) is 10.1 Å². The third-order valence-corrected chi connectivity index (χ3v) is 2.73. The normalized spacial score (nSPS) is 10.5. The minimum absolute atomic E-state index is 0.0959. The highest BCUT2D eigenvalue weighted by Crippen LogP contribution is 2.25. The third-order valence-electron chi connectivity index (χ3n) is 2.73. The van der Waals surface area contributed by atoms with Crippen LogP contribution in [0.2, 0.25) is 0 Å². The number of nitro groups is 1. The topological polar surface area (TPSA) is 55.2 Å². The van der Waals surface area contributed by atoms with Crippen LogP contribution in [0.25, 0.3) is 0 Å². The fraction of sp³-hybridized carbons (Fsp3) is 0.0769. The molecule has 0 fully saturated rings. The minimum Gasteiger partial charge on any atom is -0.378 e. The molecule has 0 aliphatic carbocycles. The highest BCUT2D eigenvalue weighted by molar-refractivity contribution is 5.53. The maximum absolute atomic E-state index is 13.5. The SMILES string of the molecule is O=[N+]([O-])c1cc(NCc2cccc(F)c2F)c(F)cc1F. The second-order valence-corrected chi connectivity index (χ2v) is 4.11. The summed E-state index contributed by atoms with van der Waals surface area (Å²) in [6, 6.07) is 4.45. The molecule has 0 bridgehead atoms. The first kappa shape index (κ1) is 14.8. The molecule has 8 heteroatoms. The first-order valence-electron chi connectivity index (χ1n) is 5.70. The number of nitrogens with zero attached hydrogens (tertiary/aromatic N) is 1. The van der Waals surface area contributed by atoms with Crippen molar-refractivity contribution < 1.29 is 22.5 Å². The fourth-order valence-electron chi connectivity index (χ4n) is 1.69. The molecule has 0 spiro atoms. The van der Waals surface area contributed by atoms with Crippen LogP contribution < -0.4 is 5.32 Å². The predicted molar refractivity (Wildman–Crippen MR) is 66.7 cm³/mol. The van der Waals surface area contributed by atoms with Gasteiger partial charge in [-0.1, -0.05) is 12.1 Å². The zero-order valence-electron chi connectivity index (χ0n) is 10.4. The molecular weight excluding hydrogens is 292 g/mol. The van der Waals surface area contributed by atoms with Crippen LogP contribution in [0, 0.1) is 33.4 Å². The van der Waals surface area contributed by atoms with Crippen LogP contribution in [0.1, 0.15) is 5.56 Å². The van der Waals surface area contributed by atoms with Crippen molar-refractivity contribution in [3.63, 3.8) is 0 Å². The summed E-state index contributed by atoms with van der Waals surface area (Å²) in [5.41, 5.74) is -1.40.